The fourth-order valence-corrected chi connectivity index (χ4v) is 2.69. The number of rotatable bonds is 7. The highest BCUT2D eigenvalue weighted by molar-refractivity contribution is 5.98. The summed E-state index contributed by atoms with van der Waals surface area (Å²) in [6.45, 7) is 5.35. The van der Waals surface area contributed by atoms with Gasteiger partial charge in [-0.1, -0.05) is 26.8 Å². The monoisotopic (exact) mass is 478 g/mol. The van der Waals surface area contributed by atoms with Gasteiger partial charge in [0, 0.05) is 28.3 Å². The largest absolute Gasteiger partial charge is 0.457 e. The third kappa shape index (κ3) is 6.38. The number of furan rings is 1. The van der Waals surface area contributed by atoms with Crippen LogP contribution in [-0.4, -0.2) is 28.9 Å². The van der Waals surface area contributed by atoms with Gasteiger partial charge in [-0.2, -0.15) is 5.10 Å². The molecule has 1 heterocycles. The molecule has 0 unspecified atom stereocenters. The number of amides is 2. The molecule has 0 bridgehead atoms. The van der Waals surface area contributed by atoms with Crippen molar-refractivity contribution in [1.82, 2.24) is 5.43 Å². The van der Waals surface area contributed by atoms with Crippen LogP contribution >= 0.6 is 0 Å². The van der Waals surface area contributed by atoms with Crippen LogP contribution in [0, 0.1) is 15.5 Å². The van der Waals surface area contributed by atoms with Gasteiger partial charge in [-0.15, -0.1) is 0 Å². The number of carbonyl (C=O) groups excluding carboxylic acids is 3. The first-order valence-electron chi connectivity index (χ1n) is 10.3. The fraction of sp³-hybridized carbons (Fsp3) is 0.167. The molecule has 2 aromatic carbocycles. The molecule has 3 rings (SSSR count). The molecule has 11 heteroatoms. The molecule has 1 aromatic heterocycles. The van der Waals surface area contributed by atoms with Gasteiger partial charge in [-0.05, 0) is 42.5 Å². The Morgan fingerprint density at radius 1 is 1.06 bits per heavy atom. The van der Waals surface area contributed by atoms with Crippen LogP contribution < -0.4 is 15.5 Å². The minimum Gasteiger partial charge on any atom is -0.457 e. The number of hydrazone groups is 1. The number of nitrogens with zero attached hydrogens (tertiary/aromatic N) is 2. The Labute approximate surface area is 199 Å². The van der Waals surface area contributed by atoms with Crippen molar-refractivity contribution in [3.05, 3.63) is 87.9 Å². The normalized spacial score (nSPS) is 11.2. The highest BCUT2D eigenvalue weighted by Gasteiger charge is 2.23. The minimum atomic E-state index is -0.929. The van der Waals surface area contributed by atoms with E-state index < -0.39 is 27.9 Å². The van der Waals surface area contributed by atoms with Gasteiger partial charge in [0.1, 0.15) is 0 Å². The number of hydrogen-bond donors (Lipinski definition) is 2. The van der Waals surface area contributed by atoms with Crippen LogP contribution in [0.4, 0.5) is 11.4 Å². The molecule has 0 saturated heterocycles. The Bertz CT molecular complexity index is 1270. The molecule has 11 nitrogen and oxygen atoms in total. The Hall–Kier alpha value is -4.80. The van der Waals surface area contributed by atoms with E-state index in [0.29, 0.717) is 5.69 Å². The second kappa shape index (κ2) is 10.4. The summed E-state index contributed by atoms with van der Waals surface area (Å²) in [5.41, 5.74) is 2.15. The van der Waals surface area contributed by atoms with Gasteiger partial charge in [0.05, 0.1) is 17.4 Å². The van der Waals surface area contributed by atoms with Crippen molar-refractivity contribution in [2.45, 2.75) is 20.8 Å². The molecule has 0 radical (unpaired) electrons. The van der Waals surface area contributed by atoms with E-state index in [1.54, 1.807) is 32.9 Å². The Morgan fingerprint density at radius 3 is 2.37 bits per heavy atom. The number of esters is 1. The number of ether oxygens (including phenoxy) is 1. The number of carbonyl (C=O) groups is 3. The highest BCUT2D eigenvalue weighted by Crippen LogP contribution is 2.30. The van der Waals surface area contributed by atoms with E-state index in [-0.39, 0.29) is 28.5 Å². The summed E-state index contributed by atoms with van der Waals surface area (Å²) in [7, 11) is 0. The molecule has 0 aliphatic rings. The number of anilines is 1. The number of nitro benzene ring substituents is 1. The van der Waals surface area contributed by atoms with Crippen LogP contribution in [-0.2, 0) is 4.79 Å². The summed E-state index contributed by atoms with van der Waals surface area (Å²) in [5, 5.41) is 18.0. The zero-order valence-corrected chi connectivity index (χ0v) is 19.1. The molecule has 180 valence electrons. The van der Waals surface area contributed by atoms with E-state index in [0.717, 1.165) is 6.21 Å². The van der Waals surface area contributed by atoms with Gasteiger partial charge in [-0.25, -0.2) is 10.2 Å². The predicted octanol–water partition coefficient (Wildman–Crippen LogP) is 4.16. The molecule has 2 N–H and O–H groups in total. The average molecular weight is 478 g/mol. The number of benzene rings is 2. The zero-order valence-electron chi connectivity index (χ0n) is 19.1. The first-order chi connectivity index (χ1) is 16.6. The van der Waals surface area contributed by atoms with Gasteiger partial charge in [0.25, 0.3) is 5.91 Å². The van der Waals surface area contributed by atoms with Crippen LogP contribution in [0.25, 0.3) is 0 Å². The summed E-state index contributed by atoms with van der Waals surface area (Å²) in [5.74, 6) is -2.15. The van der Waals surface area contributed by atoms with E-state index in [1.165, 1.54) is 48.7 Å². The molecule has 35 heavy (non-hydrogen) atoms. The van der Waals surface area contributed by atoms with E-state index in [9.17, 15) is 24.5 Å². The van der Waals surface area contributed by atoms with Crippen molar-refractivity contribution in [3.63, 3.8) is 0 Å². The molecule has 0 spiro atoms. The maximum atomic E-state index is 12.4. The molecular weight excluding hydrogens is 456 g/mol. The summed E-state index contributed by atoms with van der Waals surface area (Å²) in [4.78, 5) is 47.4. The van der Waals surface area contributed by atoms with Crippen molar-refractivity contribution < 1.29 is 28.5 Å². The second-order valence-corrected chi connectivity index (χ2v) is 8.30. The molecule has 0 aliphatic heterocycles. The summed E-state index contributed by atoms with van der Waals surface area (Å²) in [6.07, 6.45) is 2.38. The van der Waals surface area contributed by atoms with Gasteiger partial charge in [0.2, 0.25) is 17.4 Å². The van der Waals surface area contributed by atoms with Gasteiger partial charge >= 0.3 is 11.7 Å². The third-order valence-electron chi connectivity index (χ3n) is 4.59. The van der Waals surface area contributed by atoms with Crippen LogP contribution in [0.1, 0.15) is 47.2 Å². The van der Waals surface area contributed by atoms with Crippen LogP contribution in [0.3, 0.4) is 0 Å². The average Bonchev–Trinajstić information content (AvgIpc) is 3.35. The van der Waals surface area contributed by atoms with Crippen molar-refractivity contribution in [3.8, 4) is 5.75 Å². The van der Waals surface area contributed by atoms with Crippen molar-refractivity contribution in [2.24, 2.45) is 10.5 Å². The van der Waals surface area contributed by atoms with E-state index in [1.807, 2.05) is 0 Å². The Kier molecular flexibility index (Phi) is 7.40. The minimum absolute atomic E-state index is 0.0830. The lowest BCUT2D eigenvalue weighted by Gasteiger charge is -2.17. The highest BCUT2D eigenvalue weighted by atomic mass is 16.6. The SMILES string of the molecule is CC(C)(C)C(=O)Nc1ccc(C(=O)N/N=C/c2cccc([N+](=O)[O-])c2OC(=O)c2ccco2)cc1. The predicted molar refractivity (Wildman–Crippen MR) is 126 cm³/mol. The topological polar surface area (TPSA) is 153 Å². The Balaban J connectivity index is 1.72. The molecular formula is C24H22N4O7. The second-order valence-electron chi connectivity index (χ2n) is 8.30. The number of nitrogens with one attached hydrogen (secondary N) is 2. The fourth-order valence-electron chi connectivity index (χ4n) is 2.69. The molecule has 0 fully saturated rings. The zero-order chi connectivity index (χ0) is 25.6. The van der Waals surface area contributed by atoms with E-state index in [4.69, 9.17) is 9.15 Å². The number of nitro groups is 1. The summed E-state index contributed by atoms with van der Waals surface area (Å²) >= 11 is 0. The lowest BCUT2D eigenvalue weighted by Crippen LogP contribution is -2.27. The maximum absolute atomic E-state index is 12.4. The van der Waals surface area contributed by atoms with E-state index >= 15 is 0 Å². The quantitative estimate of drug-likeness (QED) is 0.170. The molecule has 0 saturated carbocycles. The lowest BCUT2D eigenvalue weighted by molar-refractivity contribution is -0.385. The molecule has 0 atom stereocenters. The van der Waals surface area contributed by atoms with Crippen molar-refractivity contribution in [1.29, 1.82) is 0 Å². The first kappa shape index (κ1) is 24.8. The Morgan fingerprint density at radius 2 is 1.77 bits per heavy atom. The smallest absolute Gasteiger partial charge is 0.379 e. The van der Waals surface area contributed by atoms with Gasteiger partial charge in [0.15, 0.2) is 0 Å². The third-order valence-corrected chi connectivity index (χ3v) is 4.59. The van der Waals surface area contributed by atoms with E-state index in [2.05, 4.69) is 15.8 Å². The molecule has 2 amide bonds. The molecule has 3 aromatic rings. The van der Waals surface area contributed by atoms with Gasteiger partial charge in [-0.3, -0.25) is 19.7 Å². The number of hydrogen-bond acceptors (Lipinski definition) is 8. The van der Waals surface area contributed by atoms with Crippen LogP contribution in [0.2, 0.25) is 0 Å². The maximum Gasteiger partial charge on any atom is 0.379 e. The van der Waals surface area contributed by atoms with Crippen molar-refractivity contribution in [2.75, 3.05) is 5.32 Å². The lowest BCUT2D eigenvalue weighted by atomic mass is 9.95. The standard InChI is InChI=1S/C24H22N4O7/c1-24(2,3)23(31)26-17-11-9-15(10-12-17)21(29)27-25-14-16-6-4-7-18(28(32)33)20(16)35-22(30)19-8-5-13-34-19/h4-14H,1-3H3,(H,26,31)(H,27,29)/b25-14+. The van der Waals surface area contributed by atoms with Crippen LogP contribution in [0.5, 0.6) is 5.75 Å². The first-order valence-corrected chi connectivity index (χ1v) is 10.3. The van der Waals surface area contributed by atoms with Gasteiger partial charge < -0.3 is 14.5 Å². The molecule has 0 aliphatic carbocycles. The van der Waals surface area contributed by atoms with Crippen LogP contribution in [0.15, 0.2) is 70.4 Å². The van der Waals surface area contributed by atoms with Crippen molar-refractivity contribution >= 4 is 35.4 Å². The summed E-state index contributed by atoms with van der Waals surface area (Å²) < 4.78 is 10.1. The summed E-state index contributed by atoms with van der Waals surface area (Å²) in [6, 6.07) is 13.0. The number of para-hydroxylation sites is 1.